The molecule has 0 spiro atoms. The van der Waals surface area contributed by atoms with Gasteiger partial charge in [-0.3, -0.25) is 0 Å². The molecule has 8 nitrogen and oxygen atoms in total. The maximum absolute atomic E-state index is 10.9. The molecular formula is C11H22O8. The van der Waals surface area contributed by atoms with Crippen molar-refractivity contribution in [3.05, 3.63) is 0 Å². The number of aliphatic hydroxyl groups excluding tert-OH is 4. The normalized spacial score (nSPS) is 14.5. The Labute approximate surface area is 111 Å². The molecule has 0 amide bonds. The number of carbonyl (C=O) groups is 2. The van der Waals surface area contributed by atoms with Gasteiger partial charge >= 0.3 is 11.9 Å². The number of esters is 2. The Morgan fingerprint density at radius 3 is 1.68 bits per heavy atom. The lowest BCUT2D eigenvalue weighted by Gasteiger charge is -2.15. The molecule has 3 atom stereocenters. The summed E-state index contributed by atoms with van der Waals surface area (Å²) in [6.45, 7) is 3.66. The molecule has 114 valence electrons. The van der Waals surface area contributed by atoms with Crippen LogP contribution in [0.4, 0.5) is 0 Å². The lowest BCUT2D eigenvalue weighted by molar-refractivity contribution is -0.167. The molecule has 8 heteroatoms. The predicted octanol–water partition coefficient (Wildman–Crippen LogP) is -1.81. The first-order valence-electron chi connectivity index (χ1n) is 5.71. The zero-order valence-electron chi connectivity index (χ0n) is 11.3. The van der Waals surface area contributed by atoms with Crippen LogP contribution in [-0.4, -0.2) is 70.5 Å². The fourth-order valence-electron chi connectivity index (χ4n) is 0.651. The van der Waals surface area contributed by atoms with E-state index in [0.29, 0.717) is 0 Å². The van der Waals surface area contributed by atoms with Gasteiger partial charge in [-0.25, -0.2) is 9.59 Å². The lowest BCUT2D eigenvalue weighted by atomic mass is 10.4. The lowest BCUT2D eigenvalue weighted by Crippen LogP contribution is -2.29. The Hall–Kier alpha value is -1.22. The Morgan fingerprint density at radius 2 is 1.37 bits per heavy atom. The zero-order chi connectivity index (χ0) is 15.4. The molecule has 0 aromatic rings. The van der Waals surface area contributed by atoms with E-state index < -0.39 is 30.3 Å². The molecule has 0 bridgehead atoms. The molecule has 0 radical (unpaired) electrons. The van der Waals surface area contributed by atoms with Crippen LogP contribution in [0.25, 0.3) is 0 Å². The van der Waals surface area contributed by atoms with Crippen molar-refractivity contribution in [3.8, 4) is 0 Å². The summed E-state index contributed by atoms with van der Waals surface area (Å²) in [4.78, 5) is 21.7. The summed E-state index contributed by atoms with van der Waals surface area (Å²) in [5.41, 5.74) is 0. The van der Waals surface area contributed by atoms with Gasteiger partial charge in [0.15, 0.2) is 0 Å². The molecule has 0 aliphatic carbocycles. The second kappa shape index (κ2) is 11.8. The second-order valence-electron chi connectivity index (χ2n) is 3.68. The Bertz CT molecular complexity index is 249. The Kier molecular flexibility index (Phi) is 12.5. The highest BCUT2D eigenvalue weighted by Gasteiger charge is 2.17. The van der Waals surface area contributed by atoms with E-state index in [-0.39, 0.29) is 19.8 Å². The monoisotopic (exact) mass is 282 g/mol. The SMILES string of the molecule is CC(COC(=O)C(C)O)OC(=O)C(C)O.OCCO. The van der Waals surface area contributed by atoms with Gasteiger partial charge in [0.25, 0.3) is 0 Å². The minimum absolute atomic E-state index is 0.125. The van der Waals surface area contributed by atoms with E-state index in [0.717, 1.165) is 0 Å². The van der Waals surface area contributed by atoms with Crippen LogP contribution in [0, 0.1) is 0 Å². The number of hydrogen-bond acceptors (Lipinski definition) is 8. The van der Waals surface area contributed by atoms with Gasteiger partial charge in [0.2, 0.25) is 0 Å². The van der Waals surface area contributed by atoms with Gasteiger partial charge in [-0.1, -0.05) is 0 Å². The summed E-state index contributed by atoms with van der Waals surface area (Å²) < 4.78 is 9.29. The van der Waals surface area contributed by atoms with Crippen LogP contribution in [0.15, 0.2) is 0 Å². The molecule has 0 aliphatic rings. The van der Waals surface area contributed by atoms with Gasteiger partial charge in [0, 0.05) is 0 Å². The van der Waals surface area contributed by atoms with Gasteiger partial charge < -0.3 is 29.9 Å². The van der Waals surface area contributed by atoms with Crippen molar-refractivity contribution in [1.82, 2.24) is 0 Å². The number of ether oxygens (including phenoxy) is 2. The number of rotatable bonds is 6. The van der Waals surface area contributed by atoms with E-state index in [1.54, 1.807) is 0 Å². The van der Waals surface area contributed by atoms with Gasteiger partial charge in [-0.15, -0.1) is 0 Å². The third-order valence-corrected chi connectivity index (χ3v) is 1.56. The van der Waals surface area contributed by atoms with E-state index in [1.165, 1.54) is 20.8 Å². The highest BCUT2D eigenvalue weighted by molar-refractivity contribution is 5.74. The molecule has 0 aromatic heterocycles. The van der Waals surface area contributed by atoms with Crippen LogP contribution in [0.3, 0.4) is 0 Å². The smallest absolute Gasteiger partial charge is 0.335 e. The molecule has 0 saturated heterocycles. The summed E-state index contributed by atoms with van der Waals surface area (Å²) in [6, 6.07) is 0. The topological polar surface area (TPSA) is 134 Å². The first-order valence-corrected chi connectivity index (χ1v) is 5.71. The van der Waals surface area contributed by atoms with E-state index in [2.05, 4.69) is 4.74 Å². The molecule has 3 unspecified atom stereocenters. The second-order valence-corrected chi connectivity index (χ2v) is 3.68. The van der Waals surface area contributed by atoms with Crippen molar-refractivity contribution in [2.45, 2.75) is 39.1 Å². The zero-order valence-corrected chi connectivity index (χ0v) is 11.3. The molecule has 0 heterocycles. The van der Waals surface area contributed by atoms with Crippen LogP contribution in [-0.2, 0) is 19.1 Å². The maximum Gasteiger partial charge on any atom is 0.335 e. The fourth-order valence-corrected chi connectivity index (χ4v) is 0.651. The molecule has 0 rings (SSSR count). The van der Waals surface area contributed by atoms with Gasteiger partial charge in [-0.05, 0) is 20.8 Å². The van der Waals surface area contributed by atoms with Gasteiger partial charge in [-0.2, -0.15) is 0 Å². The fraction of sp³-hybridized carbons (Fsp3) is 0.818. The minimum atomic E-state index is -1.21. The third kappa shape index (κ3) is 13.0. The summed E-state index contributed by atoms with van der Waals surface area (Å²) in [7, 11) is 0. The Morgan fingerprint density at radius 1 is 0.947 bits per heavy atom. The summed E-state index contributed by atoms with van der Waals surface area (Å²) in [5.74, 6) is -1.56. The van der Waals surface area contributed by atoms with E-state index in [1.807, 2.05) is 0 Å². The first kappa shape index (κ1) is 20.1. The van der Waals surface area contributed by atoms with Crippen molar-refractivity contribution in [1.29, 1.82) is 0 Å². The number of carbonyl (C=O) groups excluding carboxylic acids is 2. The molecule has 0 fully saturated rings. The highest BCUT2D eigenvalue weighted by atomic mass is 16.6. The van der Waals surface area contributed by atoms with Crippen LogP contribution in [0.5, 0.6) is 0 Å². The summed E-state index contributed by atoms with van der Waals surface area (Å²) in [5, 5.41) is 32.8. The molecule has 4 N–H and O–H groups in total. The van der Waals surface area contributed by atoms with E-state index >= 15 is 0 Å². The van der Waals surface area contributed by atoms with E-state index in [4.69, 9.17) is 25.2 Å². The van der Waals surface area contributed by atoms with Crippen molar-refractivity contribution in [2.75, 3.05) is 19.8 Å². The summed E-state index contributed by atoms with van der Waals surface area (Å²) in [6.07, 6.45) is -3.07. The van der Waals surface area contributed by atoms with Gasteiger partial charge in [0.05, 0.1) is 13.2 Å². The molecule has 19 heavy (non-hydrogen) atoms. The van der Waals surface area contributed by atoms with Crippen molar-refractivity contribution in [2.24, 2.45) is 0 Å². The highest BCUT2D eigenvalue weighted by Crippen LogP contribution is 1.97. The molecule has 0 aromatic carbocycles. The Balaban J connectivity index is 0. The van der Waals surface area contributed by atoms with Crippen molar-refractivity contribution in [3.63, 3.8) is 0 Å². The predicted molar refractivity (Wildman–Crippen MR) is 64.0 cm³/mol. The van der Waals surface area contributed by atoms with E-state index in [9.17, 15) is 9.59 Å². The van der Waals surface area contributed by atoms with Crippen molar-refractivity contribution >= 4 is 11.9 Å². The van der Waals surface area contributed by atoms with Gasteiger partial charge in [0.1, 0.15) is 24.9 Å². The van der Waals surface area contributed by atoms with Crippen LogP contribution >= 0.6 is 0 Å². The molecule has 0 aliphatic heterocycles. The van der Waals surface area contributed by atoms with Crippen LogP contribution in [0.2, 0.25) is 0 Å². The quantitative estimate of drug-likeness (QED) is 0.419. The first-order chi connectivity index (χ1) is 8.76. The molecule has 0 saturated carbocycles. The third-order valence-electron chi connectivity index (χ3n) is 1.56. The molecular weight excluding hydrogens is 260 g/mol. The number of hydrogen-bond donors (Lipinski definition) is 4. The van der Waals surface area contributed by atoms with Crippen LogP contribution in [0.1, 0.15) is 20.8 Å². The largest absolute Gasteiger partial charge is 0.460 e. The average molecular weight is 282 g/mol. The van der Waals surface area contributed by atoms with Crippen molar-refractivity contribution < 1.29 is 39.5 Å². The maximum atomic E-state index is 10.9. The average Bonchev–Trinajstić information content (AvgIpc) is 2.35. The van der Waals surface area contributed by atoms with Crippen LogP contribution < -0.4 is 0 Å². The summed E-state index contributed by atoms with van der Waals surface area (Å²) >= 11 is 0. The minimum Gasteiger partial charge on any atom is -0.460 e. The number of aliphatic hydroxyl groups is 4. The standard InChI is InChI=1S/C9H16O6.C2H6O2/c1-5(15-9(13)7(3)11)4-14-8(12)6(2)10;3-1-2-4/h5-7,10-11H,4H2,1-3H3;3-4H,1-2H2.